The molecule has 1 aromatic carbocycles. The lowest BCUT2D eigenvalue weighted by atomic mass is 10.1. The van der Waals surface area contributed by atoms with Gasteiger partial charge in [-0.3, -0.25) is 4.79 Å². The Kier molecular flexibility index (Phi) is 6.93. The summed E-state index contributed by atoms with van der Waals surface area (Å²) >= 11 is 0. The molecule has 1 aliphatic rings. The summed E-state index contributed by atoms with van der Waals surface area (Å²) in [5.41, 5.74) is 2.40. The number of furan rings is 1. The van der Waals surface area contributed by atoms with Gasteiger partial charge in [0.15, 0.2) is 11.4 Å². The molecule has 4 heterocycles. The van der Waals surface area contributed by atoms with Gasteiger partial charge in [0.05, 0.1) is 26.0 Å². The van der Waals surface area contributed by atoms with E-state index in [4.69, 9.17) is 13.9 Å². The molecule has 3 aromatic heterocycles. The maximum absolute atomic E-state index is 11.6. The average Bonchev–Trinajstić information content (AvgIpc) is 3.42. The predicted molar refractivity (Wildman–Crippen MR) is 126 cm³/mol. The summed E-state index contributed by atoms with van der Waals surface area (Å²) in [5, 5.41) is 5.43. The molecule has 5 rings (SSSR count). The third kappa shape index (κ3) is 5.34. The van der Waals surface area contributed by atoms with Crippen molar-refractivity contribution in [3.8, 4) is 17.3 Å². The second-order valence-electron chi connectivity index (χ2n) is 8.56. The molecule has 0 saturated carbocycles. The molecule has 0 spiro atoms. The van der Waals surface area contributed by atoms with E-state index in [0.29, 0.717) is 24.8 Å². The zero-order valence-corrected chi connectivity index (χ0v) is 19.5. The second-order valence-corrected chi connectivity index (χ2v) is 8.56. The van der Waals surface area contributed by atoms with Crippen LogP contribution in [0.1, 0.15) is 27.2 Å². The van der Waals surface area contributed by atoms with Crippen molar-refractivity contribution in [2.75, 3.05) is 26.8 Å². The van der Waals surface area contributed by atoms with Gasteiger partial charge in [-0.2, -0.15) is 0 Å². The van der Waals surface area contributed by atoms with Crippen molar-refractivity contribution in [3.05, 3.63) is 48.7 Å². The quantitative estimate of drug-likeness (QED) is 0.457. The van der Waals surface area contributed by atoms with Crippen LogP contribution >= 0.6 is 0 Å². The number of carbonyl (C=O) groups excluding carboxylic acids is 1. The molecule has 1 saturated heterocycles. The molecule has 174 valence electrons. The molecule has 1 aliphatic heterocycles. The molecular weight excluding hydrogens is 420 g/mol. The summed E-state index contributed by atoms with van der Waals surface area (Å²) in [4.78, 5) is 17.9. The number of methoxy groups -OCH3 is 1. The Morgan fingerprint density at radius 2 is 2.06 bits per heavy atom. The Bertz CT molecular complexity index is 1200. The fraction of sp³-hybridized carbons (Fsp3) is 0.400. The molecule has 1 fully saturated rings. The molecule has 0 bridgehead atoms. The maximum atomic E-state index is 11.6. The lowest BCUT2D eigenvalue weighted by molar-refractivity contribution is -0.138. The van der Waals surface area contributed by atoms with Crippen LogP contribution in [0.2, 0.25) is 0 Å². The number of morpholine rings is 1. The Hall–Kier alpha value is -3.39. The molecule has 1 unspecified atom stereocenters. The molecule has 1 atom stereocenters. The van der Waals surface area contributed by atoms with Crippen molar-refractivity contribution in [3.63, 3.8) is 0 Å². The standard InChI is InChI=1S/C15H11N3O2.C10H19NO2/c1-19-15-7-6-14-16-9-11(18(14)17-15)13-8-10-4-2-3-5-12(10)20-13;1-8(2)6-10(12)11-4-5-13-9(3)7-11/h2-9H,1H3;8-9H,4-7H2,1-3H3. The summed E-state index contributed by atoms with van der Waals surface area (Å²) in [6.45, 7) is 8.35. The Balaban J connectivity index is 0.000000174. The van der Waals surface area contributed by atoms with Crippen LogP contribution in [-0.4, -0.2) is 58.3 Å². The number of rotatable bonds is 4. The first-order valence-corrected chi connectivity index (χ1v) is 11.2. The van der Waals surface area contributed by atoms with Crippen LogP contribution in [0.25, 0.3) is 28.1 Å². The highest BCUT2D eigenvalue weighted by molar-refractivity contribution is 5.82. The van der Waals surface area contributed by atoms with E-state index in [2.05, 4.69) is 23.9 Å². The van der Waals surface area contributed by atoms with Gasteiger partial charge in [0.1, 0.15) is 11.3 Å². The highest BCUT2D eigenvalue weighted by Crippen LogP contribution is 2.28. The summed E-state index contributed by atoms with van der Waals surface area (Å²) < 4.78 is 18.1. The third-order valence-corrected chi connectivity index (χ3v) is 5.40. The number of aromatic nitrogens is 3. The number of para-hydroxylation sites is 1. The number of hydrogen-bond acceptors (Lipinski definition) is 6. The molecule has 1 amide bonds. The Morgan fingerprint density at radius 1 is 1.24 bits per heavy atom. The van der Waals surface area contributed by atoms with Crippen molar-refractivity contribution < 1.29 is 18.7 Å². The van der Waals surface area contributed by atoms with Gasteiger partial charge in [0.25, 0.3) is 0 Å². The number of ether oxygens (including phenoxy) is 2. The summed E-state index contributed by atoms with van der Waals surface area (Å²) in [6, 6.07) is 13.5. The average molecular weight is 451 g/mol. The molecule has 4 aromatic rings. The largest absolute Gasteiger partial charge is 0.480 e. The number of fused-ring (bicyclic) bond motifs is 2. The monoisotopic (exact) mass is 450 g/mol. The van der Waals surface area contributed by atoms with Crippen LogP contribution in [0.4, 0.5) is 0 Å². The molecule has 0 aliphatic carbocycles. The Labute approximate surface area is 193 Å². The molecule has 33 heavy (non-hydrogen) atoms. The zero-order chi connectivity index (χ0) is 23.4. The lowest BCUT2D eigenvalue weighted by Gasteiger charge is -2.31. The van der Waals surface area contributed by atoms with Gasteiger partial charge in [0, 0.05) is 31.0 Å². The first-order chi connectivity index (χ1) is 15.9. The van der Waals surface area contributed by atoms with E-state index in [0.717, 1.165) is 41.2 Å². The van der Waals surface area contributed by atoms with Gasteiger partial charge in [0.2, 0.25) is 11.8 Å². The van der Waals surface area contributed by atoms with E-state index in [-0.39, 0.29) is 12.0 Å². The Morgan fingerprint density at radius 3 is 2.79 bits per heavy atom. The number of imidazole rings is 1. The SMILES string of the molecule is CC(C)CC(=O)N1CCOC(C)C1.COc1ccc2ncc(-c3cc4ccccc4o3)n2n1. The molecular formula is C25H30N4O4. The number of nitrogens with zero attached hydrogens (tertiary/aromatic N) is 4. The van der Waals surface area contributed by atoms with Crippen molar-refractivity contribution in [2.45, 2.75) is 33.3 Å². The fourth-order valence-corrected chi connectivity index (χ4v) is 3.76. The topological polar surface area (TPSA) is 82.1 Å². The third-order valence-electron chi connectivity index (χ3n) is 5.40. The van der Waals surface area contributed by atoms with E-state index in [9.17, 15) is 4.79 Å². The van der Waals surface area contributed by atoms with Crippen molar-refractivity contribution in [2.24, 2.45) is 5.92 Å². The van der Waals surface area contributed by atoms with E-state index >= 15 is 0 Å². The molecule has 8 nitrogen and oxygen atoms in total. The maximum Gasteiger partial charge on any atom is 0.231 e. The lowest BCUT2D eigenvalue weighted by Crippen LogP contribution is -2.44. The number of hydrogen-bond donors (Lipinski definition) is 0. The minimum atomic E-state index is 0.199. The first-order valence-electron chi connectivity index (χ1n) is 11.2. The van der Waals surface area contributed by atoms with Crippen LogP contribution in [-0.2, 0) is 9.53 Å². The highest BCUT2D eigenvalue weighted by atomic mass is 16.5. The van der Waals surface area contributed by atoms with Gasteiger partial charge >= 0.3 is 0 Å². The van der Waals surface area contributed by atoms with Gasteiger partial charge in [-0.15, -0.1) is 5.10 Å². The predicted octanol–water partition coefficient (Wildman–Crippen LogP) is 4.43. The first kappa shape index (κ1) is 22.8. The van der Waals surface area contributed by atoms with Crippen molar-refractivity contribution >= 4 is 22.5 Å². The van der Waals surface area contributed by atoms with Crippen LogP contribution in [0.5, 0.6) is 5.88 Å². The van der Waals surface area contributed by atoms with E-state index in [1.165, 1.54) is 0 Å². The van der Waals surface area contributed by atoms with Crippen molar-refractivity contribution in [1.29, 1.82) is 0 Å². The molecule has 0 radical (unpaired) electrons. The van der Waals surface area contributed by atoms with Crippen LogP contribution < -0.4 is 4.74 Å². The second kappa shape index (κ2) is 10.0. The van der Waals surface area contributed by atoms with Crippen molar-refractivity contribution in [1.82, 2.24) is 19.5 Å². The van der Waals surface area contributed by atoms with Crippen LogP contribution in [0, 0.1) is 5.92 Å². The molecule has 8 heteroatoms. The van der Waals surface area contributed by atoms with E-state index < -0.39 is 0 Å². The summed E-state index contributed by atoms with van der Waals surface area (Å²) in [7, 11) is 1.59. The highest BCUT2D eigenvalue weighted by Gasteiger charge is 2.21. The summed E-state index contributed by atoms with van der Waals surface area (Å²) in [6.07, 6.45) is 2.61. The van der Waals surface area contributed by atoms with E-state index in [1.807, 2.05) is 48.2 Å². The van der Waals surface area contributed by atoms with E-state index in [1.54, 1.807) is 23.9 Å². The zero-order valence-electron chi connectivity index (χ0n) is 19.5. The fourth-order valence-electron chi connectivity index (χ4n) is 3.76. The summed E-state index contributed by atoms with van der Waals surface area (Å²) in [5.74, 6) is 1.99. The minimum absolute atomic E-state index is 0.199. The normalized spacial score (nSPS) is 16.2. The van der Waals surface area contributed by atoms with Gasteiger partial charge in [-0.1, -0.05) is 32.0 Å². The smallest absolute Gasteiger partial charge is 0.231 e. The van der Waals surface area contributed by atoms with Gasteiger partial charge in [-0.05, 0) is 31.0 Å². The number of carbonyl (C=O) groups is 1. The van der Waals surface area contributed by atoms with Crippen LogP contribution in [0.3, 0.4) is 0 Å². The number of benzene rings is 1. The molecule has 0 N–H and O–H groups in total. The van der Waals surface area contributed by atoms with Crippen LogP contribution in [0.15, 0.2) is 53.1 Å². The number of amides is 1. The minimum Gasteiger partial charge on any atom is -0.480 e. The van der Waals surface area contributed by atoms with Gasteiger partial charge in [-0.25, -0.2) is 9.50 Å². The van der Waals surface area contributed by atoms with Gasteiger partial charge < -0.3 is 18.8 Å².